The van der Waals surface area contributed by atoms with Gasteiger partial charge in [0.15, 0.2) is 0 Å². The highest BCUT2D eigenvalue weighted by atomic mass is 32.2. The van der Waals surface area contributed by atoms with Crippen molar-refractivity contribution in [3.8, 4) is 0 Å². The second-order valence-electron chi connectivity index (χ2n) is 4.42. The first-order valence-electron chi connectivity index (χ1n) is 5.92. The lowest BCUT2D eigenvalue weighted by Gasteiger charge is -2.20. The van der Waals surface area contributed by atoms with Crippen molar-refractivity contribution in [2.24, 2.45) is 5.92 Å². The van der Waals surface area contributed by atoms with Crippen LogP contribution in [0.3, 0.4) is 0 Å². The monoisotopic (exact) mass is 228 g/mol. The van der Waals surface area contributed by atoms with Crippen LogP contribution in [-0.2, 0) is 4.79 Å². The molecule has 15 heavy (non-hydrogen) atoms. The van der Waals surface area contributed by atoms with E-state index in [0.717, 1.165) is 37.7 Å². The summed E-state index contributed by atoms with van der Waals surface area (Å²) >= 11 is 1.96. The van der Waals surface area contributed by atoms with Gasteiger partial charge >= 0.3 is 0 Å². The molecule has 1 saturated heterocycles. The minimum absolute atomic E-state index is 0.290. The maximum atomic E-state index is 11.8. The Hall–Kier alpha value is -0.220. The van der Waals surface area contributed by atoms with Crippen LogP contribution in [0.2, 0.25) is 0 Å². The number of thioether (sulfide) groups is 1. The summed E-state index contributed by atoms with van der Waals surface area (Å²) in [5.74, 6) is 3.46. The van der Waals surface area contributed by atoms with E-state index < -0.39 is 0 Å². The third-order valence-corrected chi connectivity index (χ3v) is 4.03. The van der Waals surface area contributed by atoms with E-state index in [4.69, 9.17) is 0 Å². The topological polar surface area (TPSA) is 32.3 Å². The fourth-order valence-corrected chi connectivity index (χ4v) is 2.70. The largest absolute Gasteiger partial charge is 0.341 e. The molecule has 86 valence electrons. The minimum Gasteiger partial charge on any atom is -0.341 e. The third-order valence-electron chi connectivity index (χ3n) is 2.98. The van der Waals surface area contributed by atoms with E-state index in [2.05, 4.69) is 5.32 Å². The molecular formula is C11H20N2OS. The van der Waals surface area contributed by atoms with Gasteiger partial charge in [0.2, 0.25) is 5.91 Å². The van der Waals surface area contributed by atoms with Crippen molar-refractivity contribution in [3.63, 3.8) is 0 Å². The molecule has 2 aliphatic rings. The summed E-state index contributed by atoms with van der Waals surface area (Å²) < 4.78 is 0. The molecular weight excluding hydrogens is 208 g/mol. The third kappa shape index (κ3) is 4.03. The maximum Gasteiger partial charge on any atom is 0.236 e. The Balaban J connectivity index is 1.63. The number of carbonyl (C=O) groups is 1. The molecule has 0 radical (unpaired) electrons. The molecule has 3 nitrogen and oxygen atoms in total. The van der Waals surface area contributed by atoms with E-state index in [0.29, 0.717) is 6.54 Å². The van der Waals surface area contributed by atoms with Crippen molar-refractivity contribution in [3.05, 3.63) is 0 Å². The van der Waals surface area contributed by atoms with Crippen LogP contribution in [0.5, 0.6) is 0 Å². The van der Waals surface area contributed by atoms with Crippen LogP contribution >= 0.6 is 11.8 Å². The van der Waals surface area contributed by atoms with Crippen molar-refractivity contribution in [2.75, 3.05) is 37.7 Å². The van der Waals surface area contributed by atoms with Gasteiger partial charge in [-0.1, -0.05) is 0 Å². The Kier molecular flexibility index (Phi) is 4.32. The average molecular weight is 228 g/mol. The number of carbonyl (C=O) groups excluding carboxylic acids is 1. The Morgan fingerprint density at radius 2 is 2.20 bits per heavy atom. The van der Waals surface area contributed by atoms with Gasteiger partial charge in [-0.15, -0.1) is 0 Å². The lowest BCUT2D eigenvalue weighted by Crippen LogP contribution is -2.39. The molecule has 2 fully saturated rings. The molecule has 1 amide bonds. The molecule has 0 aromatic heterocycles. The number of rotatable bonds is 4. The van der Waals surface area contributed by atoms with E-state index in [9.17, 15) is 4.79 Å². The zero-order chi connectivity index (χ0) is 10.5. The SMILES string of the molecule is O=C(CNCC1CC1)N1CCCSCC1. The Morgan fingerprint density at radius 1 is 1.33 bits per heavy atom. The van der Waals surface area contributed by atoms with E-state index in [-0.39, 0.29) is 5.91 Å². The van der Waals surface area contributed by atoms with Gasteiger partial charge in [-0.2, -0.15) is 11.8 Å². The highest BCUT2D eigenvalue weighted by Gasteiger charge is 2.21. The number of hydrogen-bond acceptors (Lipinski definition) is 3. The van der Waals surface area contributed by atoms with Crippen LogP contribution in [-0.4, -0.2) is 48.5 Å². The van der Waals surface area contributed by atoms with E-state index in [1.54, 1.807) is 0 Å². The minimum atomic E-state index is 0.290. The lowest BCUT2D eigenvalue weighted by atomic mass is 10.3. The zero-order valence-electron chi connectivity index (χ0n) is 9.21. The van der Waals surface area contributed by atoms with Crippen LogP contribution in [0.1, 0.15) is 19.3 Å². The standard InChI is InChI=1S/C11H20N2OS/c14-11(9-12-8-10-2-3-10)13-4-1-6-15-7-5-13/h10,12H,1-9H2. The Bertz CT molecular complexity index is 211. The normalized spacial score (nSPS) is 22.5. The first kappa shape index (κ1) is 11.3. The van der Waals surface area contributed by atoms with Crippen LogP contribution in [0.4, 0.5) is 0 Å². The predicted molar refractivity (Wildman–Crippen MR) is 64.1 cm³/mol. The number of hydrogen-bond donors (Lipinski definition) is 1. The molecule has 1 aliphatic carbocycles. The second kappa shape index (κ2) is 5.75. The molecule has 1 saturated carbocycles. The fraction of sp³-hybridized carbons (Fsp3) is 0.909. The lowest BCUT2D eigenvalue weighted by molar-refractivity contribution is -0.129. The molecule has 4 heteroatoms. The second-order valence-corrected chi connectivity index (χ2v) is 5.65. The summed E-state index contributed by atoms with van der Waals surface area (Å²) in [4.78, 5) is 13.8. The first-order valence-corrected chi connectivity index (χ1v) is 7.08. The molecule has 0 spiro atoms. The van der Waals surface area contributed by atoms with Crippen molar-refractivity contribution < 1.29 is 4.79 Å². The average Bonchev–Trinajstić information content (AvgIpc) is 3.04. The number of nitrogens with zero attached hydrogens (tertiary/aromatic N) is 1. The highest BCUT2D eigenvalue weighted by molar-refractivity contribution is 7.99. The van der Waals surface area contributed by atoms with Gasteiger partial charge in [-0.05, 0) is 37.5 Å². The molecule has 0 atom stereocenters. The van der Waals surface area contributed by atoms with Crippen molar-refractivity contribution in [1.82, 2.24) is 10.2 Å². The highest BCUT2D eigenvalue weighted by Crippen LogP contribution is 2.27. The summed E-state index contributed by atoms with van der Waals surface area (Å²) in [5, 5.41) is 3.27. The molecule has 1 heterocycles. The molecule has 0 aromatic rings. The van der Waals surface area contributed by atoms with Crippen molar-refractivity contribution >= 4 is 17.7 Å². The van der Waals surface area contributed by atoms with E-state index >= 15 is 0 Å². The van der Waals surface area contributed by atoms with Crippen molar-refractivity contribution in [2.45, 2.75) is 19.3 Å². The van der Waals surface area contributed by atoms with E-state index in [1.165, 1.54) is 18.6 Å². The van der Waals surface area contributed by atoms with Crippen LogP contribution < -0.4 is 5.32 Å². The quantitative estimate of drug-likeness (QED) is 0.777. The molecule has 1 N–H and O–H groups in total. The van der Waals surface area contributed by atoms with Gasteiger partial charge in [-0.3, -0.25) is 4.79 Å². The van der Waals surface area contributed by atoms with Gasteiger partial charge in [0.05, 0.1) is 6.54 Å². The number of amides is 1. The zero-order valence-corrected chi connectivity index (χ0v) is 10.0. The first-order chi connectivity index (χ1) is 7.36. The van der Waals surface area contributed by atoms with Gasteiger partial charge < -0.3 is 10.2 Å². The maximum absolute atomic E-state index is 11.8. The smallest absolute Gasteiger partial charge is 0.236 e. The number of nitrogens with one attached hydrogen (secondary N) is 1. The summed E-state index contributed by atoms with van der Waals surface area (Å²) in [6.45, 7) is 3.47. The van der Waals surface area contributed by atoms with Gasteiger partial charge in [0.25, 0.3) is 0 Å². The summed E-state index contributed by atoms with van der Waals surface area (Å²) in [7, 11) is 0. The summed E-state index contributed by atoms with van der Waals surface area (Å²) in [5.41, 5.74) is 0. The Labute approximate surface area is 96.0 Å². The predicted octanol–water partition coefficient (Wildman–Crippen LogP) is 0.952. The molecule has 1 aliphatic heterocycles. The van der Waals surface area contributed by atoms with Crippen molar-refractivity contribution in [1.29, 1.82) is 0 Å². The summed E-state index contributed by atoms with van der Waals surface area (Å²) in [6, 6.07) is 0. The van der Waals surface area contributed by atoms with Gasteiger partial charge in [-0.25, -0.2) is 0 Å². The van der Waals surface area contributed by atoms with Crippen LogP contribution in [0.25, 0.3) is 0 Å². The van der Waals surface area contributed by atoms with E-state index in [1.807, 2.05) is 16.7 Å². The molecule has 0 aromatic carbocycles. The molecule has 2 rings (SSSR count). The van der Waals surface area contributed by atoms with Crippen LogP contribution in [0.15, 0.2) is 0 Å². The Morgan fingerprint density at radius 3 is 3.00 bits per heavy atom. The summed E-state index contributed by atoms with van der Waals surface area (Å²) in [6.07, 6.45) is 3.85. The fourth-order valence-electron chi connectivity index (χ4n) is 1.81. The molecule has 0 bridgehead atoms. The van der Waals surface area contributed by atoms with Gasteiger partial charge in [0, 0.05) is 18.8 Å². The van der Waals surface area contributed by atoms with Crippen LogP contribution in [0, 0.1) is 5.92 Å². The van der Waals surface area contributed by atoms with Gasteiger partial charge in [0.1, 0.15) is 0 Å². The molecule has 0 unspecified atom stereocenters.